The molecule has 2 amide bonds. The predicted octanol–water partition coefficient (Wildman–Crippen LogP) is 6.83. The highest BCUT2D eigenvalue weighted by molar-refractivity contribution is 6.33. The number of imide groups is 1. The van der Waals surface area contributed by atoms with E-state index in [1.807, 2.05) is 11.7 Å². The van der Waals surface area contributed by atoms with E-state index < -0.39 is 35.9 Å². The number of carbonyl (C=O) groups excluding carboxylic acids is 2. The lowest BCUT2D eigenvalue weighted by atomic mass is 9.84. The Morgan fingerprint density at radius 1 is 0.984 bits per heavy atom. The number of hydrogen-bond acceptors (Lipinski definition) is 11. The van der Waals surface area contributed by atoms with Crippen LogP contribution in [0, 0.1) is 23.6 Å². The highest BCUT2D eigenvalue weighted by atomic mass is 35.5. The molecule has 4 aliphatic heterocycles. The van der Waals surface area contributed by atoms with E-state index in [0.29, 0.717) is 54.8 Å². The van der Waals surface area contributed by atoms with Crippen molar-refractivity contribution in [3.63, 3.8) is 0 Å². The number of hydrogen-bond donors (Lipinski definition) is 3. The summed E-state index contributed by atoms with van der Waals surface area (Å²) in [5.74, 6) is -3.40. The van der Waals surface area contributed by atoms with Gasteiger partial charge in [-0.05, 0) is 93.0 Å². The lowest BCUT2D eigenvalue weighted by Gasteiger charge is -2.41. The molecule has 1 aliphatic carbocycles. The predicted molar refractivity (Wildman–Crippen MR) is 234 cm³/mol. The van der Waals surface area contributed by atoms with Gasteiger partial charge in [-0.2, -0.15) is 10.1 Å². The van der Waals surface area contributed by atoms with Crippen LogP contribution in [0.4, 0.5) is 36.3 Å². The van der Waals surface area contributed by atoms with Crippen LogP contribution in [0.3, 0.4) is 0 Å². The smallest absolute Gasteiger partial charge is 0.301 e. The maximum atomic E-state index is 15.8. The summed E-state index contributed by atoms with van der Waals surface area (Å²) in [6, 6.07) is 7.93. The molecule has 5 aromatic rings. The number of rotatable bonds is 8. The van der Waals surface area contributed by atoms with Crippen molar-refractivity contribution in [3.8, 4) is 5.75 Å². The molecule has 0 spiro atoms. The number of fused-ring (bicyclic) bond motifs is 4. The molecule has 3 saturated heterocycles. The topological polar surface area (TPSA) is 152 Å². The van der Waals surface area contributed by atoms with Crippen LogP contribution in [0.5, 0.6) is 5.75 Å². The fourth-order valence-corrected chi connectivity index (χ4v) is 10.4. The van der Waals surface area contributed by atoms with Gasteiger partial charge >= 0.3 is 5.92 Å². The lowest BCUT2D eigenvalue weighted by Crippen LogP contribution is -2.45. The average molecular weight is 887 g/mol. The van der Waals surface area contributed by atoms with Crippen molar-refractivity contribution >= 4 is 68.4 Å². The largest absolute Gasteiger partial charge is 0.480 e. The van der Waals surface area contributed by atoms with Crippen LogP contribution in [0.2, 0.25) is 5.02 Å². The minimum absolute atomic E-state index is 0.00275. The van der Waals surface area contributed by atoms with E-state index in [1.165, 1.54) is 35.5 Å². The number of aryl methyl sites for hydroxylation is 2. The molecule has 10 rings (SSSR count). The number of aromatic nitrogens is 5. The quantitative estimate of drug-likeness (QED) is 0.141. The van der Waals surface area contributed by atoms with Crippen molar-refractivity contribution in [3.05, 3.63) is 69.0 Å². The monoisotopic (exact) mass is 886 g/mol. The molecule has 18 heteroatoms. The maximum absolute atomic E-state index is 15.8. The number of nitrogens with zero attached hydrogens (tertiary/aromatic N) is 7. The number of carbonyl (C=O) groups is 2. The fourth-order valence-electron chi connectivity index (χ4n) is 10.2. The summed E-state index contributed by atoms with van der Waals surface area (Å²) in [5.41, 5.74) is 2.72. The molecule has 0 radical (unpaired) electrons. The third-order valence-corrected chi connectivity index (χ3v) is 14.4. The van der Waals surface area contributed by atoms with Gasteiger partial charge in [0.05, 0.1) is 46.3 Å². The van der Waals surface area contributed by atoms with E-state index in [0.717, 1.165) is 68.6 Å². The molecule has 5 aliphatic rings. The SMILES string of the molecule is C[C@@H]1CN(c2ncc(Cl)c(Nc3cc4c5c(c(=O)n(C)c4cc3F)OCC(F)(F)[C@H](C3CC3)N5)n2)CC[C@@H]1CN1CCC(c2ccc3c(C4CCC(=O)NC4=O)nn(C)c3c2)CC1. The fraction of sp³-hybridized carbons (Fsp3) is 0.511. The number of pyridine rings is 1. The van der Waals surface area contributed by atoms with Crippen LogP contribution in [0.15, 0.2) is 41.3 Å². The molecule has 7 heterocycles. The first kappa shape index (κ1) is 41.6. The number of halogens is 4. The number of anilines is 4. The lowest BCUT2D eigenvalue weighted by molar-refractivity contribution is -0.134. The van der Waals surface area contributed by atoms with E-state index >= 15 is 13.2 Å². The Morgan fingerprint density at radius 2 is 1.78 bits per heavy atom. The Labute approximate surface area is 366 Å². The molecule has 3 N–H and O–H groups in total. The Morgan fingerprint density at radius 3 is 2.52 bits per heavy atom. The van der Waals surface area contributed by atoms with Gasteiger partial charge < -0.3 is 29.7 Å². The highest BCUT2D eigenvalue weighted by Gasteiger charge is 2.51. The van der Waals surface area contributed by atoms with Crippen LogP contribution in [0.25, 0.3) is 21.8 Å². The molecule has 1 unspecified atom stereocenters. The Hall–Kier alpha value is -5.42. The van der Waals surface area contributed by atoms with E-state index in [-0.39, 0.29) is 51.2 Å². The van der Waals surface area contributed by atoms with Crippen molar-refractivity contribution in [2.24, 2.45) is 31.8 Å². The van der Waals surface area contributed by atoms with Gasteiger partial charge in [0.25, 0.3) is 5.56 Å². The summed E-state index contributed by atoms with van der Waals surface area (Å²) >= 11 is 6.59. The van der Waals surface area contributed by atoms with Gasteiger partial charge in [0.1, 0.15) is 10.8 Å². The van der Waals surface area contributed by atoms with Crippen molar-refractivity contribution < 1.29 is 27.5 Å². The van der Waals surface area contributed by atoms with Gasteiger partial charge in [-0.15, -0.1) is 0 Å². The highest BCUT2D eigenvalue weighted by Crippen LogP contribution is 2.46. The first-order valence-electron chi connectivity index (χ1n) is 21.9. The van der Waals surface area contributed by atoms with Gasteiger partial charge in [0, 0.05) is 57.0 Å². The zero-order valence-corrected chi connectivity index (χ0v) is 36.2. The average Bonchev–Trinajstić information content (AvgIpc) is 4.07. The summed E-state index contributed by atoms with van der Waals surface area (Å²) in [6.45, 7) is 5.80. The molecule has 332 valence electrons. The molecule has 63 heavy (non-hydrogen) atoms. The molecule has 3 aromatic heterocycles. The number of piperidine rings is 3. The Bertz CT molecular complexity index is 2720. The number of benzene rings is 2. The molecule has 4 fully saturated rings. The minimum atomic E-state index is -3.21. The number of alkyl halides is 2. The van der Waals surface area contributed by atoms with E-state index in [4.69, 9.17) is 26.4 Å². The third-order valence-electron chi connectivity index (χ3n) is 14.1. The van der Waals surface area contributed by atoms with Crippen LogP contribution in [-0.4, -0.2) is 92.3 Å². The zero-order valence-electron chi connectivity index (χ0n) is 35.4. The number of likely N-dealkylation sites (tertiary alicyclic amines) is 1. The molecular weight excluding hydrogens is 837 g/mol. The Kier molecular flexibility index (Phi) is 10.5. The van der Waals surface area contributed by atoms with Crippen LogP contribution >= 0.6 is 11.6 Å². The second kappa shape index (κ2) is 16.0. The molecular formula is C45H50ClF3N10O4. The van der Waals surface area contributed by atoms with Crippen LogP contribution < -0.4 is 31.1 Å². The van der Waals surface area contributed by atoms with Crippen molar-refractivity contribution in [1.82, 2.24) is 34.5 Å². The third kappa shape index (κ3) is 7.74. The van der Waals surface area contributed by atoms with E-state index in [2.05, 4.69) is 55.9 Å². The first-order chi connectivity index (χ1) is 30.2. The van der Waals surface area contributed by atoms with Crippen molar-refractivity contribution in [2.45, 2.75) is 75.7 Å². The van der Waals surface area contributed by atoms with E-state index in [1.54, 1.807) is 0 Å². The normalized spacial score (nSPS) is 24.5. The minimum Gasteiger partial charge on any atom is -0.480 e. The maximum Gasteiger partial charge on any atom is 0.301 e. The second-order valence-electron chi connectivity index (χ2n) is 18.3. The number of amides is 2. The van der Waals surface area contributed by atoms with Gasteiger partial charge in [0.2, 0.25) is 23.5 Å². The van der Waals surface area contributed by atoms with Crippen LogP contribution in [0.1, 0.15) is 75.0 Å². The second-order valence-corrected chi connectivity index (χ2v) is 18.7. The molecule has 14 nitrogen and oxygen atoms in total. The number of ether oxygens (including phenoxy) is 1. The summed E-state index contributed by atoms with van der Waals surface area (Å²) in [5, 5.41) is 14.6. The Balaban J connectivity index is 0.788. The summed E-state index contributed by atoms with van der Waals surface area (Å²) in [7, 11) is 3.36. The first-order valence-corrected chi connectivity index (χ1v) is 22.3. The van der Waals surface area contributed by atoms with Gasteiger partial charge in [-0.3, -0.25) is 24.4 Å². The van der Waals surface area contributed by atoms with Gasteiger partial charge in [-0.1, -0.05) is 30.7 Å². The summed E-state index contributed by atoms with van der Waals surface area (Å²) in [4.78, 5) is 51.6. The number of nitrogens with one attached hydrogen (secondary N) is 3. The molecule has 4 atom stereocenters. The van der Waals surface area contributed by atoms with Gasteiger partial charge in [-0.25, -0.2) is 18.2 Å². The summed E-state index contributed by atoms with van der Waals surface area (Å²) in [6.07, 6.45) is 6.60. The van der Waals surface area contributed by atoms with Crippen molar-refractivity contribution in [2.75, 3.05) is 54.9 Å². The van der Waals surface area contributed by atoms with Crippen LogP contribution in [-0.2, 0) is 23.7 Å². The standard InChI is InChI=1S/C45H50ClF3N10O4/c1-23-20-59(15-12-27(23)21-58-13-10-24(11-14-58)26-6-7-28-35(16-26)57(3)55-37(28)29-8-9-36(60)52-42(29)61)44-50-19-31(46)41(54-44)51-33-17-30-34(18-32(33)47)56(2)43(62)39-38(30)53-40(25-4-5-25)45(48,49)22-63-39/h6-7,16-19,23-25,27,29,40,53H,4-5,8-15,20-22H2,1-3H3,(H,50,51,54)(H,52,60,61)/t23-,27-,29?,40+/m1/s1. The van der Waals surface area contributed by atoms with E-state index in [9.17, 15) is 14.4 Å². The molecule has 2 aromatic carbocycles. The summed E-state index contributed by atoms with van der Waals surface area (Å²) < 4.78 is 54.7. The zero-order chi connectivity index (χ0) is 43.9. The van der Waals surface area contributed by atoms with Gasteiger partial charge in [0.15, 0.2) is 12.4 Å². The molecule has 0 bridgehead atoms. The molecule has 1 saturated carbocycles. The van der Waals surface area contributed by atoms with Crippen molar-refractivity contribution in [1.29, 1.82) is 0 Å².